The molecule has 0 saturated carbocycles. The zero-order chi connectivity index (χ0) is 14.4. The van der Waals surface area contributed by atoms with E-state index in [1.165, 1.54) is 0 Å². The van der Waals surface area contributed by atoms with Gasteiger partial charge in [-0.05, 0) is 13.5 Å². The average molecular weight is 394 g/mol. The molecule has 0 aromatic rings. The lowest BCUT2D eigenvalue weighted by molar-refractivity contribution is -0.129. The summed E-state index contributed by atoms with van der Waals surface area (Å²) in [5, 5.41) is 6.23. The van der Waals surface area contributed by atoms with Crippen molar-refractivity contribution < 1.29 is 9.53 Å². The number of hydrogen-bond donors (Lipinski definition) is 2. The lowest BCUT2D eigenvalue weighted by Gasteiger charge is -2.34. The first kappa shape index (κ1) is 25.4. The van der Waals surface area contributed by atoms with E-state index in [-0.39, 0.29) is 55.3 Å². The summed E-state index contributed by atoms with van der Waals surface area (Å²) in [7, 11) is 0. The molecule has 0 aliphatic carbocycles. The molecule has 0 radical (unpaired) electrons. The number of likely N-dealkylation sites (N-methyl/N-ethyl adjacent to an activating group) is 1. The zero-order valence-corrected chi connectivity index (χ0v) is 16.4. The lowest BCUT2D eigenvalue weighted by atomic mass is 10.1. The summed E-state index contributed by atoms with van der Waals surface area (Å²) in [5.41, 5.74) is 0. The number of piperazine rings is 1. The second kappa shape index (κ2) is 13.5. The Morgan fingerprint density at radius 3 is 2.35 bits per heavy atom. The molecule has 0 aromatic carbocycles. The number of carbonyl (C=O) groups excluding carboxylic acids is 1. The van der Waals surface area contributed by atoms with Crippen LogP contribution in [0.3, 0.4) is 0 Å². The van der Waals surface area contributed by atoms with Crippen molar-refractivity contribution in [3.8, 4) is 0 Å². The first-order valence-corrected chi connectivity index (χ1v) is 7.78. The van der Waals surface area contributed by atoms with Gasteiger partial charge in [-0.1, -0.05) is 6.92 Å². The Balaban J connectivity index is 0. The molecule has 2 heterocycles. The minimum Gasteiger partial charge on any atom is -0.375 e. The average Bonchev–Trinajstić information content (AvgIpc) is 2.48. The maximum atomic E-state index is 12.1. The molecule has 2 atom stereocenters. The van der Waals surface area contributed by atoms with Crippen molar-refractivity contribution in [2.75, 3.05) is 59.0 Å². The van der Waals surface area contributed by atoms with E-state index in [9.17, 15) is 4.79 Å². The normalized spacial score (nSPS) is 25.5. The molecular formula is C14H31Cl3N4O2. The highest BCUT2D eigenvalue weighted by molar-refractivity contribution is 5.86. The number of halogens is 3. The van der Waals surface area contributed by atoms with Crippen molar-refractivity contribution in [3.05, 3.63) is 0 Å². The van der Waals surface area contributed by atoms with Crippen molar-refractivity contribution in [1.29, 1.82) is 0 Å². The second-order valence-electron chi connectivity index (χ2n) is 5.57. The van der Waals surface area contributed by atoms with Gasteiger partial charge < -0.3 is 20.3 Å². The molecular weight excluding hydrogens is 363 g/mol. The molecule has 23 heavy (non-hydrogen) atoms. The van der Waals surface area contributed by atoms with Gasteiger partial charge in [0.15, 0.2) is 0 Å². The van der Waals surface area contributed by atoms with Gasteiger partial charge >= 0.3 is 0 Å². The van der Waals surface area contributed by atoms with Crippen molar-refractivity contribution in [2.45, 2.75) is 26.0 Å². The standard InChI is InChI=1S/C14H28N4O2.3ClH/c1-3-17-7-9-18(10-8-17)6-4-16-14(19)13-12(2)20-11-5-15-13;;;/h12-13,15H,3-11H2,1-2H3,(H,16,19);3*1H/t12-,13+;;;/m1.../s1. The molecule has 6 nitrogen and oxygen atoms in total. The van der Waals surface area contributed by atoms with Gasteiger partial charge in [-0.25, -0.2) is 0 Å². The molecule has 0 bridgehead atoms. The maximum Gasteiger partial charge on any atom is 0.239 e. The van der Waals surface area contributed by atoms with E-state index in [4.69, 9.17) is 4.74 Å². The fourth-order valence-corrected chi connectivity index (χ4v) is 2.80. The summed E-state index contributed by atoms with van der Waals surface area (Å²) in [4.78, 5) is 16.9. The Kier molecular flexibility index (Phi) is 14.9. The summed E-state index contributed by atoms with van der Waals surface area (Å²) < 4.78 is 5.49. The number of nitrogens with zero attached hydrogens (tertiary/aromatic N) is 2. The van der Waals surface area contributed by atoms with Gasteiger partial charge in [0.05, 0.1) is 12.7 Å². The number of carbonyl (C=O) groups is 1. The molecule has 1 amide bonds. The number of hydrogen-bond acceptors (Lipinski definition) is 5. The van der Waals surface area contributed by atoms with Crippen molar-refractivity contribution >= 4 is 43.1 Å². The van der Waals surface area contributed by atoms with Crippen LogP contribution in [0.5, 0.6) is 0 Å². The summed E-state index contributed by atoms with van der Waals surface area (Å²) in [5.74, 6) is 0.0596. The second-order valence-corrected chi connectivity index (χ2v) is 5.57. The monoisotopic (exact) mass is 392 g/mol. The molecule has 140 valence electrons. The van der Waals surface area contributed by atoms with Crippen LogP contribution in [0.4, 0.5) is 0 Å². The Bertz CT molecular complexity index is 318. The van der Waals surface area contributed by atoms with E-state index in [0.29, 0.717) is 6.61 Å². The third kappa shape index (κ3) is 8.20. The van der Waals surface area contributed by atoms with Gasteiger partial charge in [-0.2, -0.15) is 0 Å². The van der Waals surface area contributed by atoms with Gasteiger partial charge in [0.1, 0.15) is 6.04 Å². The highest BCUT2D eigenvalue weighted by Crippen LogP contribution is 2.04. The van der Waals surface area contributed by atoms with Gasteiger partial charge in [0.2, 0.25) is 5.91 Å². The quantitative estimate of drug-likeness (QED) is 0.707. The molecule has 9 heteroatoms. The largest absolute Gasteiger partial charge is 0.375 e. The summed E-state index contributed by atoms with van der Waals surface area (Å²) in [6.45, 7) is 12.9. The topological polar surface area (TPSA) is 56.8 Å². The van der Waals surface area contributed by atoms with Crippen LogP contribution in [0.15, 0.2) is 0 Å². The predicted octanol–water partition coefficient (Wildman–Crippen LogP) is 0.382. The van der Waals surface area contributed by atoms with Crippen molar-refractivity contribution in [2.24, 2.45) is 0 Å². The Morgan fingerprint density at radius 2 is 1.78 bits per heavy atom. The van der Waals surface area contributed by atoms with E-state index < -0.39 is 0 Å². The highest BCUT2D eigenvalue weighted by atomic mass is 35.5. The van der Waals surface area contributed by atoms with Gasteiger partial charge in [-0.3, -0.25) is 9.69 Å². The number of ether oxygens (including phenoxy) is 1. The summed E-state index contributed by atoms with van der Waals surface area (Å²) >= 11 is 0. The molecule has 2 fully saturated rings. The van der Waals surface area contributed by atoms with Gasteiger partial charge in [-0.15, -0.1) is 37.2 Å². The third-order valence-electron chi connectivity index (χ3n) is 4.24. The van der Waals surface area contributed by atoms with Crippen LogP contribution >= 0.6 is 37.2 Å². The first-order valence-electron chi connectivity index (χ1n) is 7.78. The molecule has 0 unspecified atom stereocenters. The molecule has 2 rings (SSSR count). The number of nitrogens with one attached hydrogen (secondary N) is 2. The van der Waals surface area contributed by atoms with Crippen LogP contribution in [0.25, 0.3) is 0 Å². The van der Waals surface area contributed by atoms with Crippen LogP contribution in [0, 0.1) is 0 Å². The maximum absolute atomic E-state index is 12.1. The molecule has 0 aromatic heterocycles. The van der Waals surface area contributed by atoms with Gasteiger partial charge in [0.25, 0.3) is 0 Å². The molecule has 2 saturated heterocycles. The molecule has 0 spiro atoms. The van der Waals surface area contributed by atoms with Crippen LogP contribution < -0.4 is 10.6 Å². The Hall–Kier alpha value is 0.180. The summed E-state index contributed by atoms with van der Waals surface area (Å²) in [6, 6.07) is -0.208. The van der Waals surface area contributed by atoms with Crippen LogP contribution in [-0.2, 0) is 9.53 Å². The van der Waals surface area contributed by atoms with E-state index in [1.54, 1.807) is 0 Å². The lowest BCUT2D eigenvalue weighted by Crippen LogP contribution is -2.56. The third-order valence-corrected chi connectivity index (χ3v) is 4.24. The first-order chi connectivity index (χ1) is 9.70. The fourth-order valence-electron chi connectivity index (χ4n) is 2.80. The van der Waals surface area contributed by atoms with Crippen LogP contribution in [0.1, 0.15) is 13.8 Å². The number of amides is 1. The van der Waals surface area contributed by atoms with E-state index in [0.717, 1.165) is 52.4 Å². The Labute approximate surface area is 158 Å². The SMILES string of the molecule is CCN1CCN(CCNC(=O)[C@H]2NCCO[C@@H]2C)CC1.Cl.Cl.Cl. The minimum atomic E-state index is -0.208. The van der Waals surface area contributed by atoms with E-state index in [1.807, 2.05) is 6.92 Å². The number of rotatable bonds is 5. The molecule has 2 aliphatic heterocycles. The molecule has 2 aliphatic rings. The van der Waals surface area contributed by atoms with Crippen molar-refractivity contribution in [3.63, 3.8) is 0 Å². The Morgan fingerprint density at radius 1 is 1.17 bits per heavy atom. The predicted molar refractivity (Wildman–Crippen MR) is 101 cm³/mol. The number of morpholine rings is 1. The van der Waals surface area contributed by atoms with E-state index >= 15 is 0 Å². The van der Waals surface area contributed by atoms with Crippen molar-refractivity contribution in [1.82, 2.24) is 20.4 Å². The van der Waals surface area contributed by atoms with E-state index in [2.05, 4.69) is 27.4 Å². The fraction of sp³-hybridized carbons (Fsp3) is 0.929. The summed E-state index contributed by atoms with van der Waals surface area (Å²) in [6.07, 6.45) is -0.0446. The minimum absolute atomic E-state index is 0. The zero-order valence-electron chi connectivity index (χ0n) is 14.0. The smallest absolute Gasteiger partial charge is 0.239 e. The van der Waals surface area contributed by atoms with Gasteiger partial charge in [0, 0.05) is 45.8 Å². The van der Waals surface area contributed by atoms with Crippen LogP contribution in [0.2, 0.25) is 0 Å². The molecule has 2 N–H and O–H groups in total. The highest BCUT2D eigenvalue weighted by Gasteiger charge is 2.28. The van der Waals surface area contributed by atoms with Crippen LogP contribution in [-0.4, -0.2) is 86.8 Å².